The number of aryl methyl sites for hydroxylation is 1. The van der Waals surface area contributed by atoms with E-state index in [4.69, 9.17) is 4.52 Å². The fourth-order valence-electron chi connectivity index (χ4n) is 4.10. The molecule has 1 aliphatic rings. The van der Waals surface area contributed by atoms with Crippen LogP contribution in [0.1, 0.15) is 36.3 Å². The van der Waals surface area contributed by atoms with E-state index in [0.29, 0.717) is 18.3 Å². The molecule has 0 unspecified atom stereocenters. The van der Waals surface area contributed by atoms with Crippen LogP contribution in [-0.2, 0) is 17.1 Å². The number of rotatable bonds is 10. The summed E-state index contributed by atoms with van der Waals surface area (Å²) in [7, 11) is 0. The largest absolute Gasteiger partial charge is 0.356 e. The maximum Gasteiger partial charge on any atom is 0.241 e. The van der Waals surface area contributed by atoms with Gasteiger partial charge in [-0.3, -0.25) is 9.69 Å². The fourth-order valence-corrected chi connectivity index (χ4v) is 5.27. The van der Waals surface area contributed by atoms with Crippen molar-refractivity contribution >= 4 is 33.6 Å². The highest BCUT2D eigenvalue weighted by Crippen LogP contribution is 2.22. The number of hydrogen-bond acceptors (Lipinski definition) is 6. The molecule has 1 saturated heterocycles. The minimum Gasteiger partial charge on any atom is -0.356 e. The van der Waals surface area contributed by atoms with Gasteiger partial charge in [-0.25, -0.2) is 0 Å². The van der Waals surface area contributed by atoms with E-state index in [9.17, 15) is 4.79 Å². The molecule has 0 spiro atoms. The molecule has 1 amide bonds. The molecule has 0 bridgehead atoms. The lowest BCUT2D eigenvalue weighted by Gasteiger charge is -2.30. The molecule has 6 nitrogen and oxygen atoms in total. The quantitative estimate of drug-likeness (QED) is 0.343. The molecule has 1 fully saturated rings. The third-order valence-corrected chi connectivity index (χ3v) is 7.65. The zero-order valence-electron chi connectivity index (χ0n) is 19.5. The molecule has 0 aliphatic carbocycles. The van der Waals surface area contributed by atoms with Crippen molar-refractivity contribution in [3.8, 4) is 11.4 Å². The molecule has 0 atom stereocenters. The number of carbonyl (C=O) groups excluding carboxylic acids is 1. The van der Waals surface area contributed by atoms with E-state index in [1.54, 1.807) is 0 Å². The Balaban J connectivity index is 1.11. The number of nitrogens with zero attached hydrogens (tertiary/aromatic N) is 3. The van der Waals surface area contributed by atoms with Crippen molar-refractivity contribution in [1.82, 2.24) is 20.4 Å². The van der Waals surface area contributed by atoms with Gasteiger partial charge in [0.05, 0.1) is 6.54 Å². The Morgan fingerprint density at radius 1 is 1.21 bits per heavy atom. The second-order valence-corrected chi connectivity index (χ2v) is 10.8. The zero-order valence-corrected chi connectivity index (χ0v) is 21.9. The summed E-state index contributed by atoms with van der Waals surface area (Å²) >= 11 is 5.36. The molecule has 1 aromatic heterocycles. The number of aromatic nitrogens is 2. The van der Waals surface area contributed by atoms with Gasteiger partial charge in [0.1, 0.15) is 0 Å². The molecule has 4 rings (SSSR count). The highest BCUT2D eigenvalue weighted by molar-refractivity contribution is 9.10. The van der Waals surface area contributed by atoms with Gasteiger partial charge in [-0.2, -0.15) is 16.7 Å². The predicted molar refractivity (Wildman–Crippen MR) is 140 cm³/mol. The number of hydrogen-bond donors (Lipinski definition) is 1. The first-order valence-electron chi connectivity index (χ1n) is 11.8. The summed E-state index contributed by atoms with van der Waals surface area (Å²) in [6, 6.07) is 16.5. The summed E-state index contributed by atoms with van der Waals surface area (Å²) in [5.74, 6) is 3.59. The van der Waals surface area contributed by atoms with Gasteiger partial charge in [0.15, 0.2) is 0 Å². The summed E-state index contributed by atoms with van der Waals surface area (Å²) in [5.41, 5.74) is 3.60. The lowest BCUT2D eigenvalue weighted by molar-refractivity contribution is -0.126. The van der Waals surface area contributed by atoms with Crippen LogP contribution in [0.25, 0.3) is 11.4 Å². The fraction of sp³-hybridized carbons (Fsp3) is 0.423. The highest BCUT2D eigenvalue weighted by atomic mass is 79.9. The van der Waals surface area contributed by atoms with Gasteiger partial charge in [-0.05, 0) is 74.9 Å². The van der Waals surface area contributed by atoms with E-state index in [2.05, 4.69) is 67.5 Å². The predicted octanol–water partition coefficient (Wildman–Crippen LogP) is 5.46. The molecule has 0 saturated carbocycles. The first kappa shape index (κ1) is 24.9. The average molecular weight is 544 g/mol. The molecule has 2 heterocycles. The summed E-state index contributed by atoms with van der Waals surface area (Å²) in [6.45, 7) is 5.22. The normalized spacial score (nSPS) is 14.9. The zero-order chi connectivity index (χ0) is 23.8. The smallest absolute Gasteiger partial charge is 0.241 e. The van der Waals surface area contributed by atoms with Crippen LogP contribution in [0, 0.1) is 12.8 Å². The number of likely N-dealkylation sites (tertiary alicyclic amines) is 1. The van der Waals surface area contributed by atoms with Crippen LogP contribution >= 0.6 is 27.7 Å². The Morgan fingerprint density at radius 2 is 2.00 bits per heavy atom. The minimum absolute atomic E-state index is 0.0946. The van der Waals surface area contributed by atoms with Crippen molar-refractivity contribution in [3.63, 3.8) is 0 Å². The third-order valence-electron chi connectivity index (χ3n) is 6.00. The van der Waals surface area contributed by atoms with Gasteiger partial charge in [0.2, 0.25) is 17.6 Å². The molecule has 180 valence electrons. The van der Waals surface area contributed by atoms with Crippen molar-refractivity contribution in [2.75, 3.05) is 25.4 Å². The molecule has 1 N–H and O–H groups in total. The van der Waals surface area contributed by atoms with Crippen LogP contribution in [0.2, 0.25) is 0 Å². The van der Waals surface area contributed by atoms with Crippen LogP contribution in [0.5, 0.6) is 0 Å². The van der Waals surface area contributed by atoms with Gasteiger partial charge in [0, 0.05) is 28.3 Å². The van der Waals surface area contributed by atoms with Crippen molar-refractivity contribution < 1.29 is 9.32 Å². The number of benzene rings is 2. The van der Waals surface area contributed by atoms with Crippen molar-refractivity contribution in [2.45, 2.75) is 38.5 Å². The van der Waals surface area contributed by atoms with Crippen molar-refractivity contribution in [3.05, 3.63) is 70.0 Å². The van der Waals surface area contributed by atoms with Gasteiger partial charge in [0.25, 0.3) is 0 Å². The second-order valence-electron chi connectivity index (χ2n) is 8.76. The summed E-state index contributed by atoms with van der Waals surface area (Å²) in [5, 5.41) is 7.24. The van der Waals surface area contributed by atoms with E-state index >= 15 is 0 Å². The monoisotopic (exact) mass is 542 g/mol. The van der Waals surface area contributed by atoms with E-state index in [-0.39, 0.29) is 11.8 Å². The lowest BCUT2D eigenvalue weighted by Crippen LogP contribution is -2.40. The van der Waals surface area contributed by atoms with Crippen molar-refractivity contribution in [2.24, 2.45) is 5.92 Å². The Bertz CT molecular complexity index is 1060. The molecule has 1 aliphatic heterocycles. The Hall–Kier alpha value is -2.16. The first-order chi connectivity index (χ1) is 16.6. The first-order valence-corrected chi connectivity index (χ1v) is 13.7. The van der Waals surface area contributed by atoms with Crippen molar-refractivity contribution in [1.29, 1.82) is 0 Å². The number of amides is 1. The number of nitrogens with one attached hydrogen (secondary N) is 1. The number of carbonyl (C=O) groups is 1. The number of piperidine rings is 1. The third kappa shape index (κ3) is 7.42. The molecular formula is C26H31BrN4O2S. The molecule has 3 aromatic rings. The van der Waals surface area contributed by atoms with Crippen LogP contribution in [0.4, 0.5) is 0 Å². The number of halogens is 1. The topological polar surface area (TPSA) is 71.3 Å². The molecule has 2 aromatic carbocycles. The Labute approximate surface area is 214 Å². The molecule has 34 heavy (non-hydrogen) atoms. The van der Waals surface area contributed by atoms with E-state index in [0.717, 1.165) is 60.4 Å². The van der Waals surface area contributed by atoms with Crippen LogP contribution in [-0.4, -0.2) is 46.3 Å². The van der Waals surface area contributed by atoms with Gasteiger partial charge < -0.3 is 9.84 Å². The second kappa shape index (κ2) is 12.5. The van der Waals surface area contributed by atoms with E-state index < -0.39 is 0 Å². The van der Waals surface area contributed by atoms with Gasteiger partial charge >= 0.3 is 0 Å². The maximum atomic E-state index is 12.6. The summed E-state index contributed by atoms with van der Waals surface area (Å²) in [4.78, 5) is 19.4. The van der Waals surface area contributed by atoms with Crippen LogP contribution < -0.4 is 5.32 Å². The average Bonchev–Trinajstić information content (AvgIpc) is 3.30. The highest BCUT2D eigenvalue weighted by Gasteiger charge is 2.25. The summed E-state index contributed by atoms with van der Waals surface area (Å²) < 4.78 is 6.47. The van der Waals surface area contributed by atoms with Crippen LogP contribution in [0.3, 0.4) is 0 Å². The lowest BCUT2D eigenvalue weighted by atomic mass is 9.96. The standard InChI is InChI=1S/C26H31BrN4O2S/c1-19-4-2-5-20(16-19)18-34-15-3-12-28-26(32)22-10-13-31(14-11-22)17-24-29-25(30-33-24)21-6-8-23(27)9-7-21/h2,4-9,16,22H,3,10-15,17-18H2,1H3,(H,28,32). The van der Waals surface area contributed by atoms with E-state index in [1.807, 2.05) is 36.0 Å². The summed E-state index contributed by atoms with van der Waals surface area (Å²) in [6.07, 6.45) is 2.72. The maximum absolute atomic E-state index is 12.6. The number of thioether (sulfide) groups is 1. The molecule has 0 radical (unpaired) electrons. The SMILES string of the molecule is Cc1cccc(CSCCCNC(=O)C2CCN(Cc3nc(-c4ccc(Br)cc4)no3)CC2)c1. The molecular weight excluding hydrogens is 512 g/mol. The van der Waals surface area contributed by atoms with E-state index in [1.165, 1.54) is 11.1 Å². The Kier molecular flexibility index (Phi) is 9.18. The van der Waals surface area contributed by atoms with Gasteiger partial charge in [-0.15, -0.1) is 0 Å². The minimum atomic E-state index is 0.0946. The van der Waals surface area contributed by atoms with Gasteiger partial charge in [-0.1, -0.05) is 50.9 Å². The Morgan fingerprint density at radius 3 is 2.76 bits per heavy atom. The molecule has 8 heteroatoms. The van der Waals surface area contributed by atoms with Crippen LogP contribution in [0.15, 0.2) is 57.5 Å².